The predicted octanol–water partition coefficient (Wildman–Crippen LogP) is 2.19. The van der Waals surface area contributed by atoms with Crippen LogP contribution in [0.25, 0.3) is 0 Å². The van der Waals surface area contributed by atoms with Crippen molar-refractivity contribution in [2.45, 2.75) is 31.3 Å². The molecule has 150 valence electrons. The first-order valence-electron chi connectivity index (χ1n) is 9.90. The molecular formula is C20H32ClN5O. The van der Waals surface area contributed by atoms with Gasteiger partial charge in [0.25, 0.3) is 0 Å². The van der Waals surface area contributed by atoms with Crippen molar-refractivity contribution in [3.05, 3.63) is 29.3 Å². The molecule has 2 fully saturated rings. The highest BCUT2D eigenvalue weighted by Gasteiger charge is 2.26. The van der Waals surface area contributed by atoms with Crippen LogP contribution in [0.1, 0.15) is 19.3 Å². The largest absolute Gasteiger partial charge is 0.383 e. The van der Waals surface area contributed by atoms with Gasteiger partial charge in [0.05, 0.1) is 6.61 Å². The van der Waals surface area contributed by atoms with Gasteiger partial charge >= 0.3 is 0 Å². The Morgan fingerprint density at radius 1 is 1.33 bits per heavy atom. The zero-order chi connectivity index (χ0) is 19.1. The summed E-state index contributed by atoms with van der Waals surface area (Å²) in [6, 6.07) is 9.03. The number of ether oxygens (including phenoxy) is 1. The third kappa shape index (κ3) is 5.74. The summed E-state index contributed by atoms with van der Waals surface area (Å²) in [5.74, 6) is 0.895. The molecule has 3 rings (SSSR count). The Bertz CT molecular complexity index is 626. The molecule has 2 aliphatic rings. The van der Waals surface area contributed by atoms with E-state index in [-0.39, 0.29) is 0 Å². The number of anilines is 1. The van der Waals surface area contributed by atoms with Crippen LogP contribution in [0.4, 0.5) is 5.69 Å². The lowest BCUT2D eigenvalue weighted by Crippen LogP contribution is -2.48. The molecule has 0 bridgehead atoms. The summed E-state index contributed by atoms with van der Waals surface area (Å²) in [4.78, 5) is 9.31. The number of hydrogen-bond acceptors (Lipinski definition) is 4. The molecule has 2 N–H and O–H groups in total. The minimum Gasteiger partial charge on any atom is -0.383 e. The molecule has 0 aromatic heterocycles. The number of rotatable bonds is 7. The fourth-order valence-electron chi connectivity index (χ4n) is 4.02. The standard InChI is InChI=1S/C20H32ClN5O/c1-22-20(23-14-19-7-4-9-25(19)11-12-27-2)24-17-8-10-26(15-17)18-6-3-5-16(21)13-18/h3,5-6,13,17,19H,4,7-12,14-15H2,1-2H3,(H2,22,23,24). The van der Waals surface area contributed by atoms with Gasteiger partial charge in [0, 0.05) is 63.1 Å². The summed E-state index contributed by atoms with van der Waals surface area (Å²) < 4.78 is 5.23. The molecule has 1 aromatic carbocycles. The van der Waals surface area contributed by atoms with Crippen LogP contribution in [0, 0.1) is 0 Å². The fraction of sp³-hybridized carbons (Fsp3) is 0.650. The second-order valence-corrected chi connectivity index (χ2v) is 7.77. The molecule has 2 heterocycles. The first kappa shape index (κ1) is 20.2. The second-order valence-electron chi connectivity index (χ2n) is 7.33. The van der Waals surface area contributed by atoms with Gasteiger partial charge in [0.2, 0.25) is 0 Å². The Morgan fingerprint density at radius 3 is 3.00 bits per heavy atom. The normalized spacial score (nSPS) is 23.8. The lowest BCUT2D eigenvalue weighted by molar-refractivity contribution is 0.141. The first-order valence-corrected chi connectivity index (χ1v) is 10.3. The summed E-state index contributed by atoms with van der Waals surface area (Å²) in [7, 11) is 3.61. The van der Waals surface area contributed by atoms with E-state index in [1.807, 2.05) is 25.2 Å². The predicted molar refractivity (Wildman–Crippen MR) is 113 cm³/mol. The number of nitrogens with one attached hydrogen (secondary N) is 2. The second kappa shape index (κ2) is 10.2. The van der Waals surface area contributed by atoms with Gasteiger partial charge in [-0.25, -0.2) is 0 Å². The number of nitrogens with zero attached hydrogens (tertiary/aromatic N) is 3. The van der Waals surface area contributed by atoms with Gasteiger partial charge in [0.15, 0.2) is 5.96 Å². The van der Waals surface area contributed by atoms with Crippen molar-refractivity contribution in [2.75, 3.05) is 58.4 Å². The van der Waals surface area contributed by atoms with E-state index >= 15 is 0 Å². The van der Waals surface area contributed by atoms with E-state index < -0.39 is 0 Å². The van der Waals surface area contributed by atoms with E-state index in [0.717, 1.165) is 50.2 Å². The maximum atomic E-state index is 6.13. The van der Waals surface area contributed by atoms with E-state index in [1.54, 1.807) is 7.11 Å². The third-order valence-corrected chi connectivity index (χ3v) is 5.75. The Balaban J connectivity index is 1.45. The number of hydrogen-bond donors (Lipinski definition) is 2. The number of benzene rings is 1. The zero-order valence-electron chi connectivity index (χ0n) is 16.5. The van der Waals surface area contributed by atoms with Crippen LogP contribution in [-0.4, -0.2) is 76.4 Å². The number of guanidine groups is 1. The van der Waals surface area contributed by atoms with Gasteiger partial charge in [-0.15, -0.1) is 0 Å². The average Bonchev–Trinajstić information content (AvgIpc) is 3.32. The highest BCUT2D eigenvalue weighted by atomic mass is 35.5. The van der Waals surface area contributed by atoms with Crippen molar-refractivity contribution in [2.24, 2.45) is 4.99 Å². The van der Waals surface area contributed by atoms with Crippen molar-refractivity contribution in [3.63, 3.8) is 0 Å². The number of halogens is 1. The SMILES string of the molecule is CN=C(NCC1CCCN1CCOC)NC1CCN(c2cccc(Cl)c2)C1. The van der Waals surface area contributed by atoms with Crippen molar-refractivity contribution >= 4 is 23.2 Å². The van der Waals surface area contributed by atoms with Crippen LogP contribution in [0.5, 0.6) is 0 Å². The Labute approximate surface area is 167 Å². The molecular weight excluding hydrogens is 362 g/mol. The third-order valence-electron chi connectivity index (χ3n) is 5.51. The molecule has 0 saturated carbocycles. The van der Waals surface area contributed by atoms with Gasteiger partial charge in [0.1, 0.15) is 0 Å². The lowest BCUT2D eigenvalue weighted by Gasteiger charge is -2.26. The molecule has 2 unspecified atom stereocenters. The summed E-state index contributed by atoms with van der Waals surface area (Å²) >= 11 is 6.13. The Kier molecular flexibility index (Phi) is 7.61. The maximum Gasteiger partial charge on any atom is 0.191 e. The van der Waals surface area contributed by atoms with Crippen molar-refractivity contribution in [1.29, 1.82) is 0 Å². The van der Waals surface area contributed by atoms with Crippen LogP contribution in [-0.2, 0) is 4.74 Å². The summed E-state index contributed by atoms with van der Waals surface area (Å²) in [5, 5.41) is 7.90. The summed E-state index contributed by atoms with van der Waals surface area (Å²) in [5.41, 5.74) is 1.19. The molecule has 2 saturated heterocycles. The lowest BCUT2D eigenvalue weighted by atomic mass is 10.2. The molecule has 2 atom stereocenters. The molecule has 0 amide bonds. The molecule has 27 heavy (non-hydrogen) atoms. The maximum absolute atomic E-state index is 6.13. The van der Waals surface area contributed by atoms with E-state index in [4.69, 9.17) is 16.3 Å². The van der Waals surface area contributed by atoms with Crippen LogP contribution >= 0.6 is 11.6 Å². The number of likely N-dealkylation sites (tertiary alicyclic amines) is 1. The quantitative estimate of drug-likeness (QED) is 0.549. The van der Waals surface area contributed by atoms with Crippen molar-refractivity contribution < 1.29 is 4.74 Å². The van der Waals surface area contributed by atoms with Crippen molar-refractivity contribution in [3.8, 4) is 0 Å². The summed E-state index contributed by atoms with van der Waals surface area (Å²) in [6.07, 6.45) is 3.59. The van der Waals surface area contributed by atoms with Gasteiger partial charge < -0.3 is 20.3 Å². The van der Waals surface area contributed by atoms with Crippen LogP contribution in [0.2, 0.25) is 5.02 Å². The van der Waals surface area contributed by atoms with Gasteiger partial charge in [-0.2, -0.15) is 0 Å². The minimum atomic E-state index is 0.392. The highest BCUT2D eigenvalue weighted by molar-refractivity contribution is 6.30. The Hall–Kier alpha value is -1.50. The summed E-state index contributed by atoms with van der Waals surface area (Å²) in [6.45, 7) is 5.89. The van der Waals surface area contributed by atoms with Crippen LogP contribution in [0.15, 0.2) is 29.3 Å². The first-order chi connectivity index (χ1) is 13.2. The molecule has 2 aliphatic heterocycles. The van der Waals surface area contributed by atoms with Crippen LogP contribution in [0.3, 0.4) is 0 Å². The smallest absolute Gasteiger partial charge is 0.191 e. The van der Waals surface area contributed by atoms with E-state index in [9.17, 15) is 0 Å². The molecule has 0 spiro atoms. The molecule has 7 heteroatoms. The topological polar surface area (TPSA) is 52.1 Å². The average molecular weight is 394 g/mol. The molecule has 1 aromatic rings. The minimum absolute atomic E-state index is 0.392. The fourth-order valence-corrected chi connectivity index (χ4v) is 4.20. The Morgan fingerprint density at radius 2 is 2.22 bits per heavy atom. The van der Waals surface area contributed by atoms with Crippen molar-refractivity contribution in [1.82, 2.24) is 15.5 Å². The van der Waals surface area contributed by atoms with E-state index in [0.29, 0.717) is 12.1 Å². The van der Waals surface area contributed by atoms with E-state index in [1.165, 1.54) is 25.1 Å². The molecule has 6 nitrogen and oxygen atoms in total. The van der Waals surface area contributed by atoms with Gasteiger partial charge in [-0.3, -0.25) is 9.89 Å². The van der Waals surface area contributed by atoms with Gasteiger partial charge in [-0.05, 0) is 44.0 Å². The molecule has 0 aliphatic carbocycles. The van der Waals surface area contributed by atoms with E-state index in [2.05, 4.69) is 31.5 Å². The monoisotopic (exact) mass is 393 g/mol. The van der Waals surface area contributed by atoms with Crippen LogP contribution < -0.4 is 15.5 Å². The zero-order valence-corrected chi connectivity index (χ0v) is 17.2. The highest BCUT2D eigenvalue weighted by Crippen LogP contribution is 2.23. The number of aliphatic imine (C=N–C) groups is 1. The molecule has 0 radical (unpaired) electrons. The van der Waals surface area contributed by atoms with Gasteiger partial charge in [-0.1, -0.05) is 17.7 Å². The number of methoxy groups -OCH3 is 1.